The number of carbonyl (C=O) groups is 4. The molecule has 4 heterocycles. The van der Waals surface area contributed by atoms with Crippen LogP contribution < -0.4 is 16.0 Å². The average Bonchev–Trinajstić information content (AvgIpc) is 3.56. The molecule has 0 saturated carbocycles. The van der Waals surface area contributed by atoms with Gasteiger partial charge in [-0.25, -0.2) is 4.99 Å². The van der Waals surface area contributed by atoms with Gasteiger partial charge >= 0.3 is 11.9 Å². The molecule has 2 aliphatic heterocycles. The maximum absolute atomic E-state index is 12.4. The van der Waals surface area contributed by atoms with Crippen LogP contribution in [0.4, 0.5) is 0 Å². The van der Waals surface area contributed by atoms with E-state index in [9.17, 15) is 29.4 Å². The number of amides is 2. The summed E-state index contributed by atoms with van der Waals surface area (Å²) < 4.78 is 0. The first kappa shape index (κ1) is 30.2. The molecule has 42 heavy (non-hydrogen) atoms. The molecule has 10 nitrogen and oxygen atoms in total. The Balaban J connectivity index is 1.86. The largest absolute Gasteiger partial charge is 0.481 e. The minimum atomic E-state index is -1.00. The van der Waals surface area contributed by atoms with Gasteiger partial charge in [0.05, 0.1) is 24.1 Å². The lowest BCUT2D eigenvalue weighted by molar-refractivity contribution is -0.137. The zero-order chi connectivity index (χ0) is 30.9. The number of nitrogens with zero attached hydrogens (tertiary/aromatic N) is 1. The van der Waals surface area contributed by atoms with Gasteiger partial charge in [-0.1, -0.05) is 18.7 Å². The van der Waals surface area contributed by atoms with E-state index in [0.717, 1.165) is 22.4 Å². The molecular formula is C32H36N4O6. The maximum atomic E-state index is 12.4. The van der Waals surface area contributed by atoms with Crippen molar-refractivity contribution in [2.24, 2.45) is 10.9 Å². The Labute approximate surface area is 243 Å². The highest BCUT2D eigenvalue weighted by molar-refractivity contribution is 6.31. The van der Waals surface area contributed by atoms with Crippen molar-refractivity contribution in [3.8, 4) is 0 Å². The Morgan fingerprint density at radius 2 is 1.71 bits per heavy atom. The van der Waals surface area contributed by atoms with Crippen molar-refractivity contribution in [3.63, 3.8) is 0 Å². The Morgan fingerprint density at radius 3 is 2.31 bits per heavy atom. The van der Waals surface area contributed by atoms with Gasteiger partial charge in [-0.15, -0.1) is 0 Å². The summed E-state index contributed by atoms with van der Waals surface area (Å²) in [5.41, 5.74) is 7.10. The molecule has 4 rings (SSSR count). The first-order valence-corrected chi connectivity index (χ1v) is 13.8. The van der Waals surface area contributed by atoms with Crippen LogP contribution in [0.5, 0.6) is 0 Å². The molecule has 220 valence electrons. The fourth-order valence-corrected chi connectivity index (χ4v) is 5.79. The highest BCUT2D eigenvalue weighted by Gasteiger charge is 2.34. The molecular weight excluding hydrogens is 536 g/mol. The van der Waals surface area contributed by atoms with Gasteiger partial charge in [0.25, 0.3) is 5.91 Å². The molecule has 1 fully saturated rings. The van der Waals surface area contributed by atoms with Crippen LogP contribution in [0.25, 0.3) is 12.2 Å². The van der Waals surface area contributed by atoms with Crippen LogP contribution in [0.3, 0.4) is 0 Å². The number of H-pyrrole nitrogens is 2. The second kappa shape index (κ2) is 12.0. The highest BCUT2D eigenvalue weighted by Crippen LogP contribution is 2.28. The van der Waals surface area contributed by atoms with E-state index < -0.39 is 11.9 Å². The van der Waals surface area contributed by atoms with Crippen LogP contribution in [0, 0.1) is 19.8 Å². The number of aliphatic imine (C=N–C) groups is 1. The summed E-state index contributed by atoms with van der Waals surface area (Å²) in [6, 6.07) is -0.182. The lowest BCUT2D eigenvalue weighted by atomic mass is 9.94. The van der Waals surface area contributed by atoms with Crippen molar-refractivity contribution in [1.29, 1.82) is 0 Å². The van der Waals surface area contributed by atoms with Crippen LogP contribution in [0.15, 0.2) is 40.4 Å². The van der Waals surface area contributed by atoms with E-state index in [1.54, 1.807) is 13.0 Å². The van der Waals surface area contributed by atoms with Crippen molar-refractivity contribution < 1.29 is 29.4 Å². The monoisotopic (exact) mass is 572 g/mol. The third-order valence-corrected chi connectivity index (χ3v) is 8.25. The fourth-order valence-electron chi connectivity index (χ4n) is 5.79. The quantitative estimate of drug-likeness (QED) is 0.274. The van der Waals surface area contributed by atoms with E-state index in [2.05, 4.69) is 26.9 Å². The molecule has 2 atom stereocenters. The molecule has 0 bridgehead atoms. The number of hydrogen-bond acceptors (Lipinski definition) is 4. The topological polar surface area (TPSA) is 165 Å². The van der Waals surface area contributed by atoms with E-state index >= 15 is 0 Å². The smallest absolute Gasteiger partial charge is 0.307 e. The molecule has 2 aromatic heterocycles. The third-order valence-electron chi connectivity index (χ3n) is 8.25. The summed E-state index contributed by atoms with van der Waals surface area (Å²) in [5.74, 6) is -2.55. The van der Waals surface area contributed by atoms with Crippen LogP contribution in [-0.2, 0) is 38.4 Å². The van der Waals surface area contributed by atoms with Crippen LogP contribution in [0.2, 0.25) is 0 Å². The van der Waals surface area contributed by atoms with Crippen LogP contribution in [-0.4, -0.2) is 55.7 Å². The first-order valence-electron chi connectivity index (χ1n) is 13.8. The molecule has 10 heteroatoms. The molecule has 0 radical (unpaired) electrons. The number of allylic oxidation sites excluding steroid dienone is 2. The molecule has 5 N–H and O–H groups in total. The molecule has 1 saturated heterocycles. The summed E-state index contributed by atoms with van der Waals surface area (Å²) >= 11 is 0. The van der Waals surface area contributed by atoms with E-state index in [0.29, 0.717) is 50.8 Å². The lowest BCUT2D eigenvalue weighted by Gasteiger charge is -2.13. The molecule has 2 aromatic rings. The Hall–Kier alpha value is -4.73. The van der Waals surface area contributed by atoms with Gasteiger partial charge in [0.1, 0.15) is 0 Å². The normalized spacial score (nSPS) is 20.6. The van der Waals surface area contributed by atoms with E-state index in [1.807, 2.05) is 39.8 Å². The Morgan fingerprint density at radius 1 is 1.00 bits per heavy atom. The second-order valence-electron chi connectivity index (χ2n) is 10.8. The number of aromatic amines is 2. The number of aliphatic carboxylic acids is 2. The molecule has 0 spiro atoms. The minimum absolute atomic E-state index is 0.0296. The summed E-state index contributed by atoms with van der Waals surface area (Å²) in [7, 11) is 0. The SMILES string of the molecule is C=CC1=C(C)C(/C=c2/[nH]/c(=C/c3[nH]c(CC4NC(=O)C(C)/C4=C\C)c(C)c3CCC(=O)O)c(CC(=O)O)c2C)=NC1=O. The summed E-state index contributed by atoms with van der Waals surface area (Å²) in [4.78, 5) is 58.8. The molecule has 2 unspecified atom stereocenters. The van der Waals surface area contributed by atoms with Gasteiger partial charge in [-0.05, 0) is 86.6 Å². The fraction of sp³-hybridized carbons (Fsp3) is 0.344. The van der Waals surface area contributed by atoms with Crippen molar-refractivity contribution in [1.82, 2.24) is 15.3 Å². The summed E-state index contributed by atoms with van der Waals surface area (Å²) in [5, 5.41) is 23.3. The lowest BCUT2D eigenvalue weighted by Crippen LogP contribution is -2.28. The number of carbonyl (C=O) groups excluding carboxylic acids is 2. The van der Waals surface area contributed by atoms with Crippen molar-refractivity contribution >= 4 is 41.6 Å². The van der Waals surface area contributed by atoms with Gasteiger partial charge < -0.3 is 25.5 Å². The number of rotatable bonds is 10. The van der Waals surface area contributed by atoms with Gasteiger partial charge in [0, 0.05) is 40.5 Å². The van der Waals surface area contributed by atoms with E-state index in [1.165, 1.54) is 6.08 Å². The summed E-state index contributed by atoms with van der Waals surface area (Å²) in [6.45, 7) is 13.0. The van der Waals surface area contributed by atoms with Crippen LogP contribution >= 0.6 is 0 Å². The maximum Gasteiger partial charge on any atom is 0.307 e. The summed E-state index contributed by atoms with van der Waals surface area (Å²) in [6.07, 6.45) is 7.42. The van der Waals surface area contributed by atoms with Crippen molar-refractivity contribution in [2.45, 2.75) is 66.3 Å². The minimum Gasteiger partial charge on any atom is -0.481 e. The Bertz CT molecular complexity index is 1730. The molecule has 2 aliphatic rings. The first-order chi connectivity index (χ1) is 19.9. The van der Waals surface area contributed by atoms with Crippen molar-refractivity contribution in [3.05, 3.63) is 79.8 Å². The molecule has 0 aliphatic carbocycles. The number of nitrogens with one attached hydrogen (secondary N) is 3. The second-order valence-corrected chi connectivity index (χ2v) is 10.8. The van der Waals surface area contributed by atoms with E-state index in [-0.39, 0.29) is 43.0 Å². The van der Waals surface area contributed by atoms with Crippen molar-refractivity contribution in [2.75, 3.05) is 0 Å². The zero-order valence-electron chi connectivity index (χ0n) is 24.5. The number of carboxylic acids is 2. The Kier molecular flexibility index (Phi) is 8.65. The standard InChI is InChI=1S/C32H36N4O6/c1-7-19-18(6)31(41)36-26(19)13-24-16(4)21(9-10-29(37)38)27(33-24)14-28-22(11-30(39)40)17(5)23(34-28)12-25-15(3)20(8-2)32(42)35-25/h7-8,12,14,18,26,33-34H,2,9-11,13H2,1,3-6H3,(H,36,41)(H,37,38)(H,39,40)/b19-7+,23-12+,28-14+. The zero-order valence-corrected chi connectivity index (χ0v) is 24.5. The van der Waals surface area contributed by atoms with E-state index in [4.69, 9.17) is 0 Å². The van der Waals surface area contributed by atoms with Crippen LogP contribution in [0.1, 0.15) is 60.8 Å². The third kappa shape index (κ3) is 5.83. The predicted molar refractivity (Wildman–Crippen MR) is 160 cm³/mol. The number of hydrogen-bond donors (Lipinski definition) is 5. The number of aromatic nitrogens is 2. The molecule has 0 aromatic carbocycles. The van der Waals surface area contributed by atoms with Gasteiger partial charge in [0.2, 0.25) is 5.91 Å². The highest BCUT2D eigenvalue weighted by atomic mass is 16.4. The molecule has 2 amide bonds. The average molecular weight is 573 g/mol. The van der Waals surface area contributed by atoms with Gasteiger partial charge in [0.15, 0.2) is 0 Å². The predicted octanol–water partition coefficient (Wildman–Crippen LogP) is 2.32. The van der Waals surface area contributed by atoms with Gasteiger partial charge in [-0.3, -0.25) is 19.2 Å². The number of carboxylic acid groups (broad SMARTS) is 2. The van der Waals surface area contributed by atoms with Gasteiger partial charge in [-0.2, -0.15) is 0 Å².